The van der Waals surface area contributed by atoms with Crippen LogP contribution in [0.5, 0.6) is 11.8 Å². The Bertz CT molecular complexity index is 395. The maximum absolute atomic E-state index is 12.5. The standard InChI is InChI=1S/C10H13ClF3N3O2/c1-18-7-5-8(19-2)16-9(15-7)17(4-3-11)6-10(12,13)14/h5H,3-4,6H2,1-2H3. The molecule has 1 aromatic heterocycles. The Morgan fingerprint density at radius 1 is 1.21 bits per heavy atom. The number of nitrogens with zero attached hydrogens (tertiary/aromatic N) is 3. The molecule has 0 fully saturated rings. The predicted octanol–water partition coefficient (Wildman–Crippen LogP) is 2.10. The molecule has 5 nitrogen and oxygen atoms in total. The van der Waals surface area contributed by atoms with Gasteiger partial charge >= 0.3 is 6.18 Å². The van der Waals surface area contributed by atoms with E-state index >= 15 is 0 Å². The van der Waals surface area contributed by atoms with Crippen LogP contribution in [0.3, 0.4) is 0 Å². The van der Waals surface area contributed by atoms with Crippen LogP contribution in [0.2, 0.25) is 0 Å². The van der Waals surface area contributed by atoms with Crippen LogP contribution in [0.25, 0.3) is 0 Å². The maximum Gasteiger partial charge on any atom is 0.406 e. The molecular weight excluding hydrogens is 287 g/mol. The van der Waals surface area contributed by atoms with E-state index in [4.69, 9.17) is 21.1 Å². The molecule has 0 unspecified atom stereocenters. The number of rotatable bonds is 6. The molecule has 1 rings (SSSR count). The van der Waals surface area contributed by atoms with Gasteiger partial charge in [0.2, 0.25) is 17.7 Å². The summed E-state index contributed by atoms with van der Waals surface area (Å²) in [6.45, 7) is -1.24. The van der Waals surface area contributed by atoms with Crippen LogP contribution >= 0.6 is 11.6 Å². The van der Waals surface area contributed by atoms with Crippen molar-refractivity contribution >= 4 is 17.5 Å². The maximum atomic E-state index is 12.5. The fourth-order valence-corrected chi connectivity index (χ4v) is 1.52. The Kier molecular flexibility index (Phi) is 5.46. The summed E-state index contributed by atoms with van der Waals surface area (Å²) < 4.78 is 47.2. The molecule has 0 aliphatic heterocycles. The molecule has 1 aromatic rings. The van der Waals surface area contributed by atoms with E-state index in [2.05, 4.69) is 9.97 Å². The minimum Gasteiger partial charge on any atom is -0.481 e. The lowest BCUT2D eigenvalue weighted by atomic mass is 10.5. The molecule has 0 aliphatic carbocycles. The van der Waals surface area contributed by atoms with Crippen molar-refractivity contribution in [2.75, 3.05) is 38.1 Å². The second kappa shape index (κ2) is 6.65. The number of alkyl halides is 4. The number of ether oxygens (including phenoxy) is 2. The first-order valence-corrected chi connectivity index (χ1v) is 5.77. The van der Waals surface area contributed by atoms with Gasteiger partial charge in [0.15, 0.2) is 0 Å². The summed E-state index contributed by atoms with van der Waals surface area (Å²) in [5.74, 6) is 0.0975. The highest BCUT2D eigenvalue weighted by atomic mass is 35.5. The lowest BCUT2D eigenvalue weighted by Crippen LogP contribution is -2.36. The monoisotopic (exact) mass is 299 g/mol. The number of methoxy groups -OCH3 is 2. The highest BCUT2D eigenvalue weighted by Crippen LogP contribution is 2.23. The van der Waals surface area contributed by atoms with E-state index in [1.54, 1.807) is 0 Å². The summed E-state index contributed by atoms with van der Waals surface area (Å²) in [4.78, 5) is 8.63. The van der Waals surface area contributed by atoms with Gasteiger partial charge < -0.3 is 14.4 Å². The van der Waals surface area contributed by atoms with Crippen molar-refractivity contribution in [2.45, 2.75) is 6.18 Å². The summed E-state index contributed by atoms with van der Waals surface area (Å²) in [6.07, 6.45) is -4.38. The van der Waals surface area contributed by atoms with Crippen molar-refractivity contribution in [1.82, 2.24) is 9.97 Å². The van der Waals surface area contributed by atoms with Gasteiger partial charge in [0, 0.05) is 12.4 Å². The van der Waals surface area contributed by atoms with Crippen molar-refractivity contribution in [3.8, 4) is 11.8 Å². The van der Waals surface area contributed by atoms with Crippen molar-refractivity contribution in [2.24, 2.45) is 0 Å². The van der Waals surface area contributed by atoms with Crippen LogP contribution in [0.1, 0.15) is 0 Å². The molecule has 0 saturated heterocycles. The minimum absolute atomic E-state index is 0.0129. The fraction of sp³-hybridized carbons (Fsp3) is 0.600. The molecule has 0 radical (unpaired) electrons. The topological polar surface area (TPSA) is 47.5 Å². The third-order valence-corrected chi connectivity index (χ3v) is 2.26. The number of hydrogen-bond acceptors (Lipinski definition) is 5. The smallest absolute Gasteiger partial charge is 0.406 e. The average molecular weight is 300 g/mol. The van der Waals surface area contributed by atoms with Crippen molar-refractivity contribution in [1.29, 1.82) is 0 Å². The first-order chi connectivity index (χ1) is 8.89. The Labute approximate surface area is 113 Å². The lowest BCUT2D eigenvalue weighted by molar-refractivity contribution is -0.119. The zero-order chi connectivity index (χ0) is 14.5. The second-order valence-electron chi connectivity index (χ2n) is 3.48. The SMILES string of the molecule is COc1cc(OC)nc(N(CCCl)CC(F)(F)F)n1. The van der Waals surface area contributed by atoms with Crippen molar-refractivity contribution in [3.05, 3.63) is 6.07 Å². The first-order valence-electron chi connectivity index (χ1n) is 5.24. The van der Waals surface area contributed by atoms with Gasteiger partial charge in [-0.2, -0.15) is 23.1 Å². The zero-order valence-electron chi connectivity index (χ0n) is 10.4. The third kappa shape index (κ3) is 4.98. The van der Waals surface area contributed by atoms with E-state index < -0.39 is 12.7 Å². The van der Waals surface area contributed by atoms with E-state index in [1.807, 2.05) is 0 Å². The molecule has 19 heavy (non-hydrogen) atoms. The molecular formula is C10H13ClF3N3O2. The molecule has 108 valence electrons. The van der Waals surface area contributed by atoms with Gasteiger partial charge in [-0.3, -0.25) is 0 Å². The number of anilines is 1. The first kappa shape index (κ1) is 15.6. The van der Waals surface area contributed by atoms with Gasteiger partial charge in [-0.05, 0) is 0 Å². The van der Waals surface area contributed by atoms with Gasteiger partial charge in [-0.15, -0.1) is 11.6 Å². The molecule has 0 amide bonds. The van der Waals surface area contributed by atoms with Gasteiger partial charge in [-0.25, -0.2) is 0 Å². The third-order valence-electron chi connectivity index (χ3n) is 2.09. The lowest BCUT2D eigenvalue weighted by Gasteiger charge is -2.23. The summed E-state index contributed by atoms with van der Waals surface area (Å²) in [6, 6.07) is 1.37. The highest BCUT2D eigenvalue weighted by Gasteiger charge is 2.32. The normalized spacial score (nSPS) is 11.3. The Hall–Kier alpha value is -1.44. The molecule has 0 aromatic carbocycles. The van der Waals surface area contributed by atoms with Crippen molar-refractivity contribution < 1.29 is 22.6 Å². The highest BCUT2D eigenvalue weighted by molar-refractivity contribution is 6.18. The minimum atomic E-state index is -4.38. The average Bonchev–Trinajstić information content (AvgIpc) is 2.36. The molecule has 9 heteroatoms. The van der Waals surface area contributed by atoms with Crippen molar-refractivity contribution in [3.63, 3.8) is 0 Å². The van der Waals surface area contributed by atoms with Gasteiger partial charge in [0.05, 0.1) is 20.3 Å². The van der Waals surface area contributed by atoms with E-state index in [1.165, 1.54) is 20.3 Å². The van der Waals surface area contributed by atoms with Crippen LogP contribution in [0, 0.1) is 0 Å². The summed E-state index contributed by atoms with van der Waals surface area (Å²) in [5, 5.41) is 0. The quantitative estimate of drug-likeness (QED) is 0.753. The molecule has 0 bridgehead atoms. The van der Waals surface area contributed by atoms with Crippen LogP contribution in [0.4, 0.5) is 19.1 Å². The number of aromatic nitrogens is 2. The largest absolute Gasteiger partial charge is 0.481 e. The van der Waals surface area contributed by atoms with E-state index in [0.29, 0.717) is 0 Å². The second-order valence-corrected chi connectivity index (χ2v) is 3.86. The molecule has 1 heterocycles. The van der Waals surface area contributed by atoms with E-state index in [9.17, 15) is 13.2 Å². The molecule has 0 spiro atoms. The number of halogens is 4. The summed E-state index contributed by atoms with van der Waals surface area (Å²) in [5.41, 5.74) is 0. The molecule has 0 saturated carbocycles. The fourth-order valence-electron chi connectivity index (χ4n) is 1.31. The van der Waals surface area contributed by atoms with Crippen LogP contribution in [0.15, 0.2) is 6.07 Å². The molecule has 0 N–H and O–H groups in total. The van der Waals surface area contributed by atoms with Crippen LogP contribution in [-0.4, -0.2) is 49.3 Å². The molecule has 0 aliphatic rings. The Morgan fingerprint density at radius 2 is 1.74 bits per heavy atom. The molecule has 0 atom stereocenters. The van der Waals surface area contributed by atoms with Gasteiger partial charge in [0.25, 0.3) is 0 Å². The Morgan fingerprint density at radius 3 is 2.11 bits per heavy atom. The zero-order valence-corrected chi connectivity index (χ0v) is 11.1. The van der Waals surface area contributed by atoms with Gasteiger partial charge in [0.1, 0.15) is 6.54 Å². The summed E-state index contributed by atoms with van der Waals surface area (Å²) >= 11 is 5.50. The van der Waals surface area contributed by atoms with Gasteiger partial charge in [-0.1, -0.05) is 0 Å². The Balaban J connectivity index is 3.06. The van der Waals surface area contributed by atoms with E-state index in [0.717, 1.165) is 4.90 Å². The van der Waals surface area contributed by atoms with E-state index in [-0.39, 0.29) is 30.1 Å². The predicted molar refractivity (Wildman–Crippen MR) is 64.1 cm³/mol. The van der Waals surface area contributed by atoms with Crippen LogP contribution in [-0.2, 0) is 0 Å². The number of hydrogen-bond donors (Lipinski definition) is 0. The van der Waals surface area contributed by atoms with Crippen LogP contribution < -0.4 is 14.4 Å². The summed E-state index contributed by atoms with van der Waals surface area (Å²) in [7, 11) is 2.70.